The molecule has 1 N–H and O–H groups in total. The first-order valence-electron chi connectivity index (χ1n) is 6.79. The molecule has 1 saturated heterocycles. The maximum absolute atomic E-state index is 13.1. The fourth-order valence-electron chi connectivity index (χ4n) is 2.80. The van der Waals surface area contributed by atoms with E-state index in [9.17, 15) is 13.2 Å². The highest BCUT2D eigenvalue weighted by Crippen LogP contribution is 2.32. The molecule has 3 rings (SSSR count). The molecule has 1 aliphatic rings. The number of aromatic nitrogens is 2. The number of hydrogen-bond donors (Lipinski definition) is 1. The van der Waals surface area contributed by atoms with Gasteiger partial charge in [-0.1, -0.05) is 12.1 Å². The molecule has 0 bridgehead atoms. The lowest BCUT2D eigenvalue weighted by molar-refractivity contribution is -0.147. The zero-order chi connectivity index (χ0) is 14.2. The Bertz CT molecular complexity index is 607. The number of fused-ring (bicyclic) bond motifs is 1. The predicted molar refractivity (Wildman–Crippen MR) is 84.8 cm³/mol. The smallest absolute Gasteiger partial charge is 0.320 e. The SMILES string of the molecule is Cl.Cl.FC(F)(F)c1nc2ccccc2n1CC1CCNCC1. The van der Waals surface area contributed by atoms with Crippen molar-refractivity contribution in [2.45, 2.75) is 25.6 Å². The molecule has 2 heterocycles. The highest BCUT2D eigenvalue weighted by molar-refractivity contribution is 5.85. The number of rotatable bonds is 2. The predicted octanol–water partition coefficient (Wildman–Crippen LogP) is 3.90. The van der Waals surface area contributed by atoms with E-state index in [1.807, 2.05) is 0 Å². The van der Waals surface area contributed by atoms with Crippen molar-refractivity contribution in [2.24, 2.45) is 5.92 Å². The molecule has 0 unspecified atom stereocenters. The summed E-state index contributed by atoms with van der Waals surface area (Å²) in [4.78, 5) is 3.77. The lowest BCUT2D eigenvalue weighted by atomic mass is 9.98. The topological polar surface area (TPSA) is 29.9 Å². The Morgan fingerprint density at radius 3 is 2.41 bits per heavy atom. The zero-order valence-electron chi connectivity index (χ0n) is 11.8. The monoisotopic (exact) mass is 355 g/mol. The van der Waals surface area contributed by atoms with Crippen molar-refractivity contribution < 1.29 is 13.2 Å². The summed E-state index contributed by atoms with van der Waals surface area (Å²) in [6.45, 7) is 2.13. The van der Waals surface area contributed by atoms with Crippen molar-refractivity contribution in [3.05, 3.63) is 30.1 Å². The fourth-order valence-corrected chi connectivity index (χ4v) is 2.80. The van der Waals surface area contributed by atoms with Gasteiger partial charge >= 0.3 is 6.18 Å². The Balaban J connectivity index is 0.00000121. The molecule has 22 heavy (non-hydrogen) atoms. The van der Waals surface area contributed by atoms with Gasteiger partial charge in [0.05, 0.1) is 11.0 Å². The minimum absolute atomic E-state index is 0. The van der Waals surface area contributed by atoms with E-state index < -0.39 is 12.0 Å². The van der Waals surface area contributed by atoms with E-state index in [-0.39, 0.29) is 30.7 Å². The van der Waals surface area contributed by atoms with E-state index in [2.05, 4.69) is 10.3 Å². The van der Waals surface area contributed by atoms with Crippen LogP contribution in [0.2, 0.25) is 0 Å². The molecule has 0 amide bonds. The third-order valence-corrected chi connectivity index (χ3v) is 3.81. The minimum atomic E-state index is -4.41. The van der Waals surface area contributed by atoms with Gasteiger partial charge in [-0.25, -0.2) is 4.98 Å². The number of halogens is 5. The van der Waals surface area contributed by atoms with Crippen LogP contribution in [0.15, 0.2) is 24.3 Å². The Kier molecular flexibility index (Phi) is 6.52. The molecule has 0 aliphatic carbocycles. The zero-order valence-corrected chi connectivity index (χ0v) is 13.4. The number of piperidine rings is 1. The number of alkyl halides is 3. The summed E-state index contributed by atoms with van der Waals surface area (Å²) in [5, 5.41) is 3.23. The molecule has 1 aromatic carbocycles. The highest BCUT2D eigenvalue weighted by atomic mass is 35.5. The fraction of sp³-hybridized carbons (Fsp3) is 0.500. The molecule has 8 heteroatoms. The molecule has 1 aliphatic heterocycles. The van der Waals surface area contributed by atoms with Gasteiger partial charge in [-0.3, -0.25) is 0 Å². The van der Waals surface area contributed by atoms with Gasteiger partial charge in [-0.15, -0.1) is 24.8 Å². The average Bonchev–Trinajstić information content (AvgIpc) is 2.79. The van der Waals surface area contributed by atoms with Gasteiger partial charge in [-0.2, -0.15) is 13.2 Å². The molecule has 124 valence electrons. The van der Waals surface area contributed by atoms with Crippen molar-refractivity contribution in [3.63, 3.8) is 0 Å². The van der Waals surface area contributed by atoms with Crippen LogP contribution in [0.5, 0.6) is 0 Å². The minimum Gasteiger partial charge on any atom is -0.320 e. The second kappa shape index (κ2) is 7.53. The van der Waals surface area contributed by atoms with Gasteiger partial charge < -0.3 is 9.88 Å². The van der Waals surface area contributed by atoms with Crippen molar-refractivity contribution in [1.29, 1.82) is 0 Å². The number of para-hydroxylation sites is 2. The molecular weight excluding hydrogens is 338 g/mol. The van der Waals surface area contributed by atoms with Gasteiger partial charge in [-0.05, 0) is 44.0 Å². The first-order valence-corrected chi connectivity index (χ1v) is 6.79. The molecule has 1 aromatic heterocycles. The van der Waals surface area contributed by atoms with E-state index in [1.54, 1.807) is 24.3 Å². The Hall–Kier alpha value is -0.980. The number of hydrogen-bond acceptors (Lipinski definition) is 2. The molecule has 0 saturated carbocycles. The number of nitrogens with zero attached hydrogens (tertiary/aromatic N) is 2. The molecule has 2 aromatic rings. The van der Waals surface area contributed by atoms with Crippen LogP contribution >= 0.6 is 24.8 Å². The third-order valence-electron chi connectivity index (χ3n) is 3.81. The number of nitrogens with one attached hydrogen (secondary N) is 1. The van der Waals surface area contributed by atoms with E-state index in [4.69, 9.17) is 0 Å². The summed E-state index contributed by atoms with van der Waals surface area (Å²) in [6.07, 6.45) is -2.60. The van der Waals surface area contributed by atoms with Gasteiger partial charge in [0.1, 0.15) is 0 Å². The molecule has 0 spiro atoms. The van der Waals surface area contributed by atoms with Crippen molar-refractivity contribution in [3.8, 4) is 0 Å². The van der Waals surface area contributed by atoms with E-state index in [0.717, 1.165) is 25.9 Å². The van der Waals surface area contributed by atoms with Crippen molar-refractivity contribution in [2.75, 3.05) is 13.1 Å². The number of imidazole rings is 1. The average molecular weight is 356 g/mol. The van der Waals surface area contributed by atoms with Crippen molar-refractivity contribution in [1.82, 2.24) is 14.9 Å². The maximum Gasteiger partial charge on any atom is 0.449 e. The lowest BCUT2D eigenvalue weighted by Gasteiger charge is -2.24. The first kappa shape index (κ1) is 19.1. The lowest BCUT2D eigenvalue weighted by Crippen LogP contribution is -2.30. The van der Waals surface area contributed by atoms with Crippen LogP contribution in [0, 0.1) is 5.92 Å². The first-order chi connectivity index (χ1) is 9.55. The summed E-state index contributed by atoms with van der Waals surface area (Å²) in [7, 11) is 0. The summed E-state index contributed by atoms with van der Waals surface area (Å²) < 4.78 is 40.8. The Labute approximate surface area is 139 Å². The normalized spacial score (nSPS) is 16.1. The Morgan fingerprint density at radius 2 is 1.77 bits per heavy atom. The maximum atomic E-state index is 13.1. The van der Waals surface area contributed by atoms with Gasteiger partial charge in [0, 0.05) is 6.54 Å². The van der Waals surface area contributed by atoms with Crippen LogP contribution in [0.25, 0.3) is 11.0 Å². The van der Waals surface area contributed by atoms with E-state index in [0.29, 0.717) is 17.6 Å². The van der Waals surface area contributed by atoms with Crippen LogP contribution in [-0.4, -0.2) is 22.6 Å². The van der Waals surface area contributed by atoms with Crippen LogP contribution in [-0.2, 0) is 12.7 Å². The standard InChI is InChI=1S/C14H16F3N3.2ClH/c15-14(16,17)13-19-11-3-1-2-4-12(11)20(13)9-10-5-7-18-8-6-10;;/h1-4,10,18H,5-9H2;2*1H. The third kappa shape index (κ3) is 3.86. The van der Waals surface area contributed by atoms with Crippen LogP contribution in [0.3, 0.4) is 0 Å². The second-order valence-electron chi connectivity index (χ2n) is 5.23. The molecule has 0 radical (unpaired) electrons. The number of benzene rings is 1. The second-order valence-corrected chi connectivity index (χ2v) is 5.23. The largest absolute Gasteiger partial charge is 0.449 e. The summed E-state index contributed by atoms with van der Waals surface area (Å²) in [5.74, 6) is -0.507. The van der Waals surface area contributed by atoms with Crippen LogP contribution < -0.4 is 5.32 Å². The van der Waals surface area contributed by atoms with Crippen LogP contribution in [0.4, 0.5) is 13.2 Å². The van der Waals surface area contributed by atoms with Crippen LogP contribution in [0.1, 0.15) is 18.7 Å². The quantitative estimate of drug-likeness (QED) is 0.885. The molecule has 3 nitrogen and oxygen atoms in total. The highest BCUT2D eigenvalue weighted by Gasteiger charge is 2.38. The Morgan fingerprint density at radius 1 is 1.14 bits per heavy atom. The summed E-state index contributed by atoms with van der Waals surface area (Å²) >= 11 is 0. The molecule has 1 fully saturated rings. The summed E-state index contributed by atoms with van der Waals surface area (Å²) in [6, 6.07) is 6.80. The summed E-state index contributed by atoms with van der Waals surface area (Å²) in [5.41, 5.74) is 0.979. The molecule has 0 atom stereocenters. The van der Waals surface area contributed by atoms with Gasteiger partial charge in [0.15, 0.2) is 0 Å². The van der Waals surface area contributed by atoms with Gasteiger partial charge in [0.2, 0.25) is 5.82 Å². The molecular formula is C14H18Cl2F3N3. The van der Waals surface area contributed by atoms with E-state index >= 15 is 0 Å². The van der Waals surface area contributed by atoms with Crippen molar-refractivity contribution >= 4 is 35.8 Å². The van der Waals surface area contributed by atoms with Gasteiger partial charge in [0.25, 0.3) is 0 Å². The van der Waals surface area contributed by atoms with E-state index in [1.165, 1.54) is 4.57 Å².